The lowest BCUT2D eigenvalue weighted by Crippen LogP contribution is -2.32. The Morgan fingerprint density at radius 1 is 1.47 bits per heavy atom. The molecule has 0 bridgehead atoms. The molecule has 0 spiro atoms. The summed E-state index contributed by atoms with van der Waals surface area (Å²) in [4.78, 5) is 37.6. The van der Waals surface area contributed by atoms with E-state index in [1.165, 1.54) is 24.2 Å². The fourth-order valence-electron chi connectivity index (χ4n) is 1.95. The van der Waals surface area contributed by atoms with Gasteiger partial charge in [0.1, 0.15) is 5.76 Å². The summed E-state index contributed by atoms with van der Waals surface area (Å²) in [5, 5.41) is 0. The molecule has 0 radical (unpaired) electrons. The second-order valence-electron chi connectivity index (χ2n) is 4.36. The Kier molecular flexibility index (Phi) is 3.25. The molecule has 0 N–H and O–H groups in total. The molecular weight excluding hydrogens is 248 g/mol. The smallest absolute Gasteiger partial charge is 0.257 e. The molecule has 0 saturated carbocycles. The molecule has 19 heavy (non-hydrogen) atoms. The maximum atomic E-state index is 12.0. The average Bonchev–Trinajstić information content (AvgIpc) is 2.86. The number of likely N-dealkylation sites (tertiary alicyclic amines) is 1. The first-order valence-electron chi connectivity index (χ1n) is 5.70. The number of carbonyl (C=O) groups is 3. The van der Waals surface area contributed by atoms with E-state index < -0.39 is 11.8 Å². The molecule has 6 nitrogen and oxygen atoms in total. The Morgan fingerprint density at radius 2 is 2.16 bits per heavy atom. The third-order valence-electron chi connectivity index (χ3n) is 3.12. The average molecular weight is 262 g/mol. The van der Waals surface area contributed by atoms with Crippen LogP contribution < -0.4 is 0 Å². The van der Waals surface area contributed by atoms with Crippen LogP contribution in [0, 0.1) is 0 Å². The van der Waals surface area contributed by atoms with Crippen molar-refractivity contribution >= 4 is 17.7 Å². The van der Waals surface area contributed by atoms with E-state index in [2.05, 4.69) is 6.58 Å². The standard InChI is InChI=1S/C13H14N2O4/c1-8-4-9(14(2)13(8)18)5-11(16)15-7-10(19-3)6-12(15)17/h5-6H,1,4,7H2,2-3H3/b9-5+. The van der Waals surface area contributed by atoms with Crippen molar-refractivity contribution in [2.24, 2.45) is 0 Å². The highest BCUT2D eigenvalue weighted by molar-refractivity contribution is 6.08. The van der Waals surface area contributed by atoms with Crippen LogP contribution in [0.1, 0.15) is 6.42 Å². The van der Waals surface area contributed by atoms with Crippen LogP contribution in [0.5, 0.6) is 0 Å². The molecule has 1 saturated heterocycles. The molecule has 2 heterocycles. The van der Waals surface area contributed by atoms with Gasteiger partial charge < -0.3 is 9.64 Å². The van der Waals surface area contributed by atoms with E-state index in [9.17, 15) is 14.4 Å². The summed E-state index contributed by atoms with van der Waals surface area (Å²) in [6.07, 6.45) is 2.90. The predicted molar refractivity (Wildman–Crippen MR) is 66.4 cm³/mol. The fourth-order valence-corrected chi connectivity index (χ4v) is 1.95. The maximum Gasteiger partial charge on any atom is 0.257 e. The van der Waals surface area contributed by atoms with Gasteiger partial charge in [-0.15, -0.1) is 0 Å². The van der Waals surface area contributed by atoms with Crippen molar-refractivity contribution in [3.63, 3.8) is 0 Å². The number of methoxy groups -OCH3 is 1. The fraction of sp³-hybridized carbons (Fsp3) is 0.308. The van der Waals surface area contributed by atoms with Crippen LogP contribution in [-0.4, -0.2) is 48.2 Å². The van der Waals surface area contributed by atoms with E-state index >= 15 is 0 Å². The van der Waals surface area contributed by atoms with Crippen molar-refractivity contribution in [2.45, 2.75) is 6.42 Å². The molecule has 100 valence electrons. The predicted octanol–water partition coefficient (Wildman–Crippen LogP) is 0.188. The summed E-state index contributed by atoms with van der Waals surface area (Å²) in [6, 6.07) is 0. The largest absolute Gasteiger partial charge is 0.499 e. The van der Waals surface area contributed by atoms with E-state index in [1.54, 1.807) is 7.05 Å². The first kappa shape index (κ1) is 13.1. The Morgan fingerprint density at radius 3 is 2.63 bits per heavy atom. The quantitative estimate of drug-likeness (QED) is 0.666. The van der Waals surface area contributed by atoms with Gasteiger partial charge in [-0.25, -0.2) is 0 Å². The molecule has 0 aliphatic carbocycles. The number of carbonyl (C=O) groups excluding carboxylic acids is 3. The molecule has 2 aliphatic heterocycles. The molecule has 2 aliphatic rings. The number of allylic oxidation sites excluding steroid dienone is 1. The minimum absolute atomic E-state index is 0.122. The summed E-state index contributed by atoms with van der Waals surface area (Å²) in [5.74, 6) is -0.637. The molecule has 0 aromatic carbocycles. The summed E-state index contributed by atoms with van der Waals surface area (Å²) in [6.45, 7) is 3.75. The minimum atomic E-state index is -0.461. The molecule has 6 heteroatoms. The van der Waals surface area contributed by atoms with Crippen LogP contribution >= 0.6 is 0 Å². The molecule has 0 aromatic rings. The molecule has 1 fully saturated rings. The van der Waals surface area contributed by atoms with Gasteiger partial charge in [-0.1, -0.05) is 6.58 Å². The zero-order chi connectivity index (χ0) is 14.2. The number of amides is 3. The number of rotatable bonds is 2. The van der Waals surface area contributed by atoms with Gasteiger partial charge in [-0.3, -0.25) is 19.3 Å². The van der Waals surface area contributed by atoms with Crippen molar-refractivity contribution in [1.29, 1.82) is 0 Å². The zero-order valence-electron chi connectivity index (χ0n) is 10.8. The molecule has 0 atom stereocenters. The van der Waals surface area contributed by atoms with E-state index in [-0.39, 0.29) is 12.5 Å². The Balaban J connectivity index is 2.13. The first-order chi connectivity index (χ1) is 8.93. The van der Waals surface area contributed by atoms with Crippen molar-refractivity contribution in [3.05, 3.63) is 35.8 Å². The molecule has 2 rings (SSSR count). The van der Waals surface area contributed by atoms with E-state index in [0.29, 0.717) is 23.5 Å². The highest BCUT2D eigenvalue weighted by Crippen LogP contribution is 2.24. The van der Waals surface area contributed by atoms with Gasteiger partial charge in [0.15, 0.2) is 0 Å². The topological polar surface area (TPSA) is 66.9 Å². The number of imide groups is 1. The van der Waals surface area contributed by atoms with E-state index in [0.717, 1.165) is 4.90 Å². The third kappa shape index (κ3) is 2.29. The monoisotopic (exact) mass is 262 g/mol. The van der Waals surface area contributed by atoms with Gasteiger partial charge in [0.2, 0.25) is 0 Å². The maximum absolute atomic E-state index is 12.0. The van der Waals surface area contributed by atoms with Crippen LogP contribution in [-0.2, 0) is 19.1 Å². The molecule has 3 amide bonds. The SMILES string of the molecule is C=C1C/C(=C\C(=O)N2CC(OC)=CC2=O)N(C)C1=O. The molecule has 0 unspecified atom stereocenters. The third-order valence-corrected chi connectivity index (χ3v) is 3.12. The van der Waals surface area contributed by atoms with Gasteiger partial charge in [0, 0.05) is 36.9 Å². The lowest BCUT2D eigenvalue weighted by atomic mass is 10.2. The van der Waals surface area contributed by atoms with Crippen molar-refractivity contribution in [3.8, 4) is 0 Å². The summed E-state index contributed by atoms with van der Waals surface area (Å²) in [5.41, 5.74) is 0.976. The Labute approximate surface area is 110 Å². The van der Waals surface area contributed by atoms with E-state index in [4.69, 9.17) is 4.74 Å². The molecular formula is C13H14N2O4. The minimum Gasteiger partial charge on any atom is -0.499 e. The van der Waals surface area contributed by atoms with Crippen LogP contribution in [0.25, 0.3) is 0 Å². The molecule has 0 aromatic heterocycles. The second kappa shape index (κ2) is 4.72. The van der Waals surface area contributed by atoms with Crippen molar-refractivity contribution < 1.29 is 19.1 Å². The number of hydrogen-bond acceptors (Lipinski definition) is 4. The van der Waals surface area contributed by atoms with Crippen molar-refractivity contribution in [1.82, 2.24) is 9.80 Å². The Hall–Kier alpha value is -2.37. The summed E-state index contributed by atoms with van der Waals surface area (Å²) in [7, 11) is 3.02. The van der Waals surface area contributed by atoms with E-state index in [1.807, 2.05) is 0 Å². The lowest BCUT2D eigenvalue weighted by Gasteiger charge is -2.14. The second-order valence-corrected chi connectivity index (χ2v) is 4.36. The summed E-state index contributed by atoms with van der Waals surface area (Å²) < 4.78 is 4.93. The van der Waals surface area contributed by atoms with Crippen LogP contribution in [0.3, 0.4) is 0 Å². The number of hydrogen-bond donors (Lipinski definition) is 0. The normalized spacial score (nSPS) is 21.5. The van der Waals surface area contributed by atoms with Crippen molar-refractivity contribution in [2.75, 3.05) is 20.7 Å². The Bertz CT molecular complexity index is 545. The highest BCUT2D eigenvalue weighted by atomic mass is 16.5. The van der Waals surface area contributed by atoms with Gasteiger partial charge in [0.25, 0.3) is 17.7 Å². The van der Waals surface area contributed by atoms with Gasteiger partial charge in [-0.05, 0) is 0 Å². The number of nitrogens with zero attached hydrogens (tertiary/aromatic N) is 2. The zero-order valence-corrected chi connectivity index (χ0v) is 10.8. The first-order valence-corrected chi connectivity index (χ1v) is 5.70. The van der Waals surface area contributed by atoms with Crippen LogP contribution in [0.2, 0.25) is 0 Å². The van der Waals surface area contributed by atoms with Gasteiger partial charge >= 0.3 is 0 Å². The number of ether oxygens (including phenoxy) is 1. The van der Waals surface area contributed by atoms with Gasteiger partial charge in [-0.2, -0.15) is 0 Å². The van der Waals surface area contributed by atoms with Crippen LogP contribution in [0.15, 0.2) is 35.8 Å². The van der Waals surface area contributed by atoms with Crippen LogP contribution in [0.4, 0.5) is 0 Å². The summed E-state index contributed by atoms with van der Waals surface area (Å²) >= 11 is 0. The van der Waals surface area contributed by atoms with Gasteiger partial charge in [0.05, 0.1) is 13.7 Å². The number of likely N-dealkylation sites (N-methyl/N-ethyl adjacent to an activating group) is 1. The highest BCUT2D eigenvalue weighted by Gasteiger charge is 2.30. The lowest BCUT2D eigenvalue weighted by molar-refractivity contribution is -0.137.